The average molecular weight is 450 g/mol. The Kier molecular flexibility index (Phi) is 7.02. The summed E-state index contributed by atoms with van der Waals surface area (Å²) < 4.78 is 45.0. The van der Waals surface area contributed by atoms with Crippen molar-refractivity contribution < 1.29 is 27.8 Å². The summed E-state index contributed by atoms with van der Waals surface area (Å²) in [5, 5.41) is 12.3. The Balaban J connectivity index is 1.79. The van der Waals surface area contributed by atoms with Crippen molar-refractivity contribution in [3.05, 3.63) is 53.3 Å². The number of aliphatic hydroxyl groups is 1. The molecule has 0 atom stereocenters. The van der Waals surface area contributed by atoms with Gasteiger partial charge in [-0.1, -0.05) is 6.07 Å². The number of amides is 1. The molecule has 7 nitrogen and oxygen atoms in total. The van der Waals surface area contributed by atoms with E-state index in [0.29, 0.717) is 12.0 Å². The largest absolute Gasteiger partial charge is 0.489 e. The summed E-state index contributed by atoms with van der Waals surface area (Å²) in [6.07, 6.45) is -0.594. The number of carbonyl (C=O) groups is 1. The summed E-state index contributed by atoms with van der Waals surface area (Å²) in [4.78, 5) is 20.4. The van der Waals surface area contributed by atoms with Crippen molar-refractivity contribution in [2.24, 2.45) is 4.99 Å². The van der Waals surface area contributed by atoms with Gasteiger partial charge in [0.2, 0.25) is 0 Å². The van der Waals surface area contributed by atoms with E-state index in [4.69, 9.17) is 10.5 Å². The molecule has 0 unspecified atom stereocenters. The summed E-state index contributed by atoms with van der Waals surface area (Å²) in [7, 11) is 1.45. The number of anilines is 1. The SMILES string of the molecule is CN=C(C(=O)NC1(CCO)CCC1)c1cc(OCc2cccnc2C(F)(F)F)ccc1N. The van der Waals surface area contributed by atoms with E-state index in [9.17, 15) is 23.1 Å². The minimum Gasteiger partial charge on any atom is -0.489 e. The highest BCUT2D eigenvalue weighted by Gasteiger charge is 2.39. The van der Waals surface area contributed by atoms with Gasteiger partial charge in [0.1, 0.15) is 18.1 Å². The second-order valence-corrected chi connectivity index (χ2v) is 7.68. The Labute approximate surface area is 183 Å². The highest BCUT2D eigenvalue weighted by molar-refractivity contribution is 6.46. The molecule has 1 aliphatic carbocycles. The first-order valence-corrected chi connectivity index (χ1v) is 10.1. The van der Waals surface area contributed by atoms with Crippen molar-refractivity contribution in [1.29, 1.82) is 0 Å². The predicted octanol–water partition coefficient (Wildman–Crippen LogP) is 3.10. The first-order valence-electron chi connectivity index (χ1n) is 10.1. The van der Waals surface area contributed by atoms with E-state index in [1.54, 1.807) is 0 Å². The van der Waals surface area contributed by atoms with Gasteiger partial charge >= 0.3 is 6.18 Å². The van der Waals surface area contributed by atoms with Crippen molar-refractivity contribution in [3.63, 3.8) is 0 Å². The molecule has 1 saturated carbocycles. The quantitative estimate of drug-likeness (QED) is 0.423. The number of benzene rings is 1. The number of pyridine rings is 1. The molecule has 0 saturated heterocycles. The number of rotatable bonds is 8. The highest BCUT2D eigenvalue weighted by Crippen LogP contribution is 2.35. The van der Waals surface area contributed by atoms with E-state index >= 15 is 0 Å². The number of nitrogen functional groups attached to an aromatic ring is 1. The fourth-order valence-corrected chi connectivity index (χ4v) is 3.70. The maximum absolute atomic E-state index is 13.1. The standard InChI is InChI=1S/C22H25F3N4O3/c1-27-18(20(31)29-21(9-11-30)7-3-8-21)16-12-15(5-6-17(16)26)32-13-14-4-2-10-28-19(14)22(23,24)25/h2,4-6,10,12,30H,3,7-9,11,13,26H2,1H3,(H,29,31). The summed E-state index contributed by atoms with van der Waals surface area (Å²) in [6.45, 7) is -0.408. The lowest BCUT2D eigenvalue weighted by Gasteiger charge is -2.42. The van der Waals surface area contributed by atoms with Crippen LogP contribution in [-0.4, -0.2) is 40.9 Å². The molecule has 2 aromatic rings. The van der Waals surface area contributed by atoms with Crippen molar-refractivity contribution in [2.75, 3.05) is 19.4 Å². The minimum atomic E-state index is -4.60. The van der Waals surface area contributed by atoms with E-state index < -0.39 is 23.3 Å². The van der Waals surface area contributed by atoms with Gasteiger partial charge in [0.15, 0.2) is 5.69 Å². The van der Waals surface area contributed by atoms with E-state index in [0.717, 1.165) is 25.5 Å². The number of carbonyl (C=O) groups excluding carboxylic acids is 1. The fourth-order valence-electron chi connectivity index (χ4n) is 3.70. The van der Waals surface area contributed by atoms with E-state index in [-0.39, 0.29) is 35.9 Å². The monoisotopic (exact) mass is 450 g/mol. The van der Waals surface area contributed by atoms with Crippen LogP contribution in [0.4, 0.5) is 18.9 Å². The molecule has 1 aromatic carbocycles. The average Bonchev–Trinajstić information content (AvgIpc) is 2.72. The molecule has 10 heteroatoms. The van der Waals surface area contributed by atoms with E-state index in [1.165, 1.54) is 37.4 Å². The van der Waals surface area contributed by atoms with E-state index in [2.05, 4.69) is 15.3 Å². The molecule has 4 N–H and O–H groups in total. The van der Waals surface area contributed by atoms with Gasteiger partial charge in [0, 0.05) is 42.2 Å². The number of aliphatic hydroxyl groups excluding tert-OH is 1. The lowest BCUT2D eigenvalue weighted by molar-refractivity contribution is -0.142. The number of hydrogen-bond donors (Lipinski definition) is 3. The molecule has 172 valence electrons. The first-order chi connectivity index (χ1) is 15.2. The Bertz CT molecular complexity index is 1000. The number of alkyl halides is 3. The topological polar surface area (TPSA) is 110 Å². The second-order valence-electron chi connectivity index (χ2n) is 7.68. The Morgan fingerprint density at radius 1 is 1.34 bits per heavy atom. The maximum Gasteiger partial charge on any atom is 0.433 e. The normalized spacial score (nSPS) is 15.7. The van der Waals surface area contributed by atoms with E-state index in [1.807, 2.05) is 0 Å². The van der Waals surface area contributed by atoms with Gasteiger partial charge in [-0.3, -0.25) is 14.8 Å². The van der Waals surface area contributed by atoms with Crippen LogP contribution < -0.4 is 15.8 Å². The second kappa shape index (κ2) is 9.56. The first kappa shape index (κ1) is 23.5. The number of hydrogen-bond acceptors (Lipinski definition) is 6. The number of aliphatic imine (C=N–C) groups is 1. The molecular weight excluding hydrogens is 425 g/mol. The maximum atomic E-state index is 13.1. The molecule has 0 bridgehead atoms. The molecule has 0 spiro atoms. The molecule has 1 heterocycles. The number of aromatic nitrogens is 1. The number of nitrogens with two attached hydrogens (primary N) is 1. The molecule has 1 amide bonds. The third-order valence-corrected chi connectivity index (χ3v) is 5.55. The number of nitrogens with one attached hydrogen (secondary N) is 1. The van der Waals surface area contributed by atoms with Crippen LogP contribution in [0.5, 0.6) is 5.75 Å². The lowest BCUT2D eigenvalue weighted by atomic mass is 9.74. The van der Waals surface area contributed by atoms with Gasteiger partial charge in [0.05, 0.1) is 0 Å². The molecule has 1 aromatic heterocycles. The Morgan fingerprint density at radius 3 is 2.69 bits per heavy atom. The van der Waals surface area contributed by atoms with Crippen LogP contribution in [0, 0.1) is 0 Å². The number of nitrogens with zero attached hydrogens (tertiary/aromatic N) is 2. The molecular formula is C22H25F3N4O3. The zero-order valence-electron chi connectivity index (χ0n) is 17.6. The third-order valence-electron chi connectivity index (χ3n) is 5.55. The third kappa shape index (κ3) is 5.18. The van der Waals surface area contributed by atoms with Gasteiger partial charge in [-0.2, -0.15) is 13.2 Å². The lowest BCUT2D eigenvalue weighted by Crippen LogP contribution is -2.55. The fraction of sp³-hybridized carbons (Fsp3) is 0.409. The minimum absolute atomic E-state index is 0.0431. The van der Waals surface area contributed by atoms with Gasteiger partial charge in [0.25, 0.3) is 5.91 Å². The summed E-state index contributed by atoms with van der Waals surface area (Å²) in [5.41, 5.74) is 5.12. The van der Waals surface area contributed by atoms with Gasteiger partial charge < -0.3 is 20.9 Å². The van der Waals surface area contributed by atoms with Crippen molar-refractivity contribution in [1.82, 2.24) is 10.3 Å². The smallest absolute Gasteiger partial charge is 0.433 e. The Hall–Kier alpha value is -3.14. The molecule has 0 aliphatic heterocycles. The van der Waals surface area contributed by atoms with Crippen LogP contribution >= 0.6 is 0 Å². The Morgan fingerprint density at radius 2 is 2.09 bits per heavy atom. The zero-order valence-corrected chi connectivity index (χ0v) is 17.6. The predicted molar refractivity (Wildman–Crippen MR) is 113 cm³/mol. The molecule has 1 fully saturated rings. The molecule has 3 rings (SSSR count). The highest BCUT2D eigenvalue weighted by atomic mass is 19.4. The number of halogens is 3. The summed E-state index contributed by atoms with van der Waals surface area (Å²) in [5.74, 6) is -0.204. The van der Waals surface area contributed by atoms with Gasteiger partial charge in [-0.15, -0.1) is 0 Å². The van der Waals surface area contributed by atoms with Crippen LogP contribution in [-0.2, 0) is 17.6 Å². The molecule has 0 radical (unpaired) electrons. The van der Waals surface area contributed by atoms with Gasteiger partial charge in [-0.25, -0.2) is 0 Å². The van der Waals surface area contributed by atoms with Crippen LogP contribution in [0.1, 0.15) is 42.5 Å². The molecule has 32 heavy (non-hydrogen) atoms. The van der Waals surface area contributed by atoms with Crippen molar-refractivity contribution >= 4 is 17.3 Å². The van der Waals surface area contributed by atoms with Crippen LogP contribution in [0.2, 0.25) is 0 Å². The van der Waals surface area contributed by atoms with Crippen LogP contribution in [0.3, 0.4) is 0 Å². The zero-order chi connectivity index (χ0) is 23.4. The van der Waals surface area contributed by atoms with Crippen LogP contribution in [0.25, 0.3) is 0 Å². The van der Waals surface area contributed by atoms with Crippen LogP contribution in [0.15, 0.2) is 41.5 Å². The summed E-state index contributed by atoms with van der Waals surface area (Å²) in [6, 6.07) is 7.17. The van der Waals surface area contributed by atoms with Crippen molar-refractivity contribution in [3.8, 4) is 5.75 Å². The number of ether oxygens (including phenoxy) is 1. The molecule has 1 aliphatic rings. The summed E-state index contributed by atoms with van der Waals surface area (Å²) >= 11 is 0. The van der Waals surface area contributed by atoms with Crippen molar-refractivity contribution in [2.45, 2.75) is 44.0 Å². The van der Waals surface area contributed by atoms with Gasteiger partial charge in [-0.05, 0) is 49.9 Å².